The molecule has 3 amide bonds. The van der Waals surface area contributed by atoms with Crippen LogP contribution < -0.4 is 10.6 Å². The number of para-hydroxylation sites is 2. The normalized spacial score (nSPS) is 15.7. The van der Waals surface area contributed by atoms with Gasteiger partial charge in [-0.3, -0.25) is 4.79 Å². The summed E-state index contributed by atoms with van der Waals surface area (Å²) < 4.78 is 0. The minimum atomic E-state index is -0.484. The zero-order valence-corrected chi connectivity index (χ0v) is 16.0. The number of likely N-dealkylation sites (tertiary alicyclic amines) is 1. The zero-order chi connectivity index (χ0) is 20.1. The molecule has 3 aromatic rings. The fraction of sp³-hybridized carbons (Fsp3) is 0.167. The molecule has 5 nitrogen and oxygen atoms in total. The highest BCUT2D eigenvalue weighted by Crippen LogP contribution is 2.29. The lowest BCUT2D eigenvalue weighted by Gasteiger charge is -2.24. The maximum absolute atomic E-state index is 13.0. The SMILES string of the molecule is O=C(Nc1ccccc1-c1ccccc1)C1CCCN1C(=O)Nc1ccccc1. The summed E-state index contributed by atoms with van der Waals surface area (Å²) in [6.07, 6.45) is 1.46. The molecule has 5 heteroatoms. The number of carbonyl (C=O) groups excluding carboxylic acids is 2. The van der Waals surface area contributed by atoms with E-state index in [9.17, 15) is 9.59 Å². The van der Waals surface area contributed by atoms with Crippen molar-refractivity contribution in [3.63, 3.8) is 0 Å². The number of carbonyl (C=O) groups is 2. The Hall–Kier alpha value is -3.60. The van der Waals surface area contributed by atoms with Gasteiger partial charge >= 0.3 is 6.03 Å². The van der Waals surface area contributed by atoms with E-state index in [1.54, 1.807) is 4.90 Å². The molecule has 2 N–H and O–H groups in total. The lowest BCUT2D eigenvalue weighted by Crippen LogP contribution is -2.45. The van der Waals surface area contributed by atoms with Gasteiger partial charge in [-0.15, -0.1) is 0 Å². The van der Waals surface area contributed by atoms with Crippen LogP contribution in [0.5, 0.6) is 0 Å². The van der Waals surface area contributed by atoms with E-state index in [0.717, 1.165) is 28.9 Å². The van der Waals surface area contributed by atoms with Crippen molar-refractivity contribution in [1.29, 1.82) is 0 Å². The van der Waals surface area contributed by atoms with Gasteiger partial charge in [0.15, 0.2) is 0 Å². The van der Waals surface area contributed by atoms with Crippen LogP contribution >= 0.6 is 0 Å². The van der Waals surface area contributed by atoms with Gasteiger partial charge in [0, 0.05) is 23.5 Å². The van der Waals surface area contributed by atoms with Gasteiger partial charge in [-0.05, 0) is 36.6 Å². The third kappa shape index (κ3) is 4.29. The van der Waals surface area contributed by atoms with Crippen molar-refractivity contribution in [2.24, 2.45) is 0 Å². The summed E-state index contributed by atoms with van der Waals surface area (Å²) in [7, 11) is 0. The van der Waals surface area contributed by atoms with Gasteiger partial charge in [0.25, 0.3) is 0 Å². The van der Waals surface area contributed by atoms with E-state index in [1.165, 1.54) is 0 Å². The number of nitrogens with one attached hydrogen (secondary N) is 2. The molecule has 0 radical (unpaired) electrons. The zero-order valence-electron chi connectivity index (χ0n) is 16.0. The van der Waals surface area contributed by atoms with E-state index in [2.05, 4.69) is 10.6 Å². The van der Waals surface area contributed by atoms with Crippen molar-refractivity contribution in [2.45, 2.75) is 18.9 Å². The van der Waals surface area contributed by atoms with Crippen LogP contribution in [-0.4, -0.2) is 29.4 Å². The largest absolute Gasteiger partial charge is 0.324 e. The molecule has 3 aromatic carbocycles. The predicted octanol–water partition coefficient (Wildman–Crippen LogP) is 4.99. The molecule has 1 fully saturated rings. The number of rotatable bonds is 4. The van der Waals surface area contributed by atoms with Gasteiger partial charge in [0.1, 0.15) is 6.04 Å². The van der Waals surface area contributed by atoms with E-state index in [-0.39, 0.29) is 11.9 Å². The van der Waals surface area contributed by atoms with Crippen molar-refractivity contribution < 1.29 is 9.59 Å². The summed E-state index contributed by atoms with van der Waals surface area (Å²) in [5.74, 6) is -0.158. The van der Waals surface area contributed by atoms with Crippen LogP contribution in [-0.2, 0) is 4.79 Å². The van der Waals surface area contributed by atoms with E-state index >= 15 is 0 Å². The summed E-state index contributed by atoms with van der Waals surface area (Å²) >= 11 is 0. The molecule has 146 valence electrons. The van der Waals surface area contributed by atoms with Gasteiger partial charge in [-0.1, -0.05) is 66.7 Å². The number of urea groups is 1. The number of anilines is 2. The summed E-state index contributed by atoms with van der Waals surface area (Å²) in [6, 6.07) is 26.2. The minimum Gasteiger partial charge on any atom is -0.324 e. The fourth-order valence-corrected chi connectivity index (χ4v) is 3.68. The van der Waals surface area contributed by atoms with Crippen LogP contribution in [0.4, 0.5) is 16.2 Å². The Morgan fingerprint density at radius 3 is 2.21 bits per heavy atom. The van der Waals surface area contributed by atoms with Crippen LogP contribution in [0.25, 0.3) is 11.1 Å². The Balaban J connectivity index is 1.49. The van der Waals surface area contributed by atoms with Gasteiger partial charge < -0.3 is 15.5 Å². The van der Waals surface area contributed by atoms with Crippen LogP contribution in [0.1, 0.15) is 12.8 Å². The van der Waals surface area contributed by atoms with Crippen LogP contribution in [0.2, 0.25) is 0 Å². The van der Waals surface area contributed by atoms with Gasteiger partial charge in [0.2, 0.25) is 5.91 Å². The molecule has 1 unspecified atom stereocenters. The number of nitrogens with zero attached hydrogens (tertiary/aromatic N) is 1. The number of hydrogen-bond acceptors (Lipinski definition) is 2. The highest BCUT2D eigenvalue weighted by molar-refractivity contribution is 6.01. The summed E-state index contributed by atoms with van der Waals surface area (Å²) in [4.78, 5) is 27.4. The van der Waals surface area contributed by atoms with Crippen LogP contribution in [0.15, 0.2) is 84.9 Å². The molecule has 29 heavy (non-hydrogen) atoms. The Labute approximate surface area is 170 Å². The van der Waals surface area contributed by atoms with Crippen molar-refractivity contribution in [3.05, 3.63) is 84.9 Å². The van der Waals surface area contributed by atoms with Crippen molar-refractivity contribution >= 4 is 23.3 Å². The standard InChI is InChI=1S/C24H23N3O2/c28-23(26-21-15-8-7-14-20(21)18-10-3-1-4-11-18)22-16-9-17-27(22)24(29)25-19-12-5-2-6-13-19/h1-8,10-15,22H,9,16-17H2,(H,25,29)(H,26,28). The molecular formula is C24H23N3O2. The van der Waals surface area contributed by atoms with E-state index < -0.39 is 6.04 Å². The predicted molar refractivity (Wildman–Crippen MR) is 116 cm³/mol. The number of benzene rings is 3. The highest BCUT2D eigenvalue weighted by atomic mass is 16.2. The van der Waals surface area contributed by atoms with Crippen molar-refractivity contribution in [2.75, 3.05) is 17.2 Å². The Morgan fingerprint density at radius 2 is 1.45 bits per heavy atom. The quantitative estimate of drug-likeness (QED) is 0.665. The number of hydrogen-bond donors (Lipinski definition) is 2. The maximum atomic E-state index is 13.0. The Kier molecular flexibility index (Phi) is 5.56. The topological polar surface area (TPSA) is 61.4 Å². The van der Waals surface area contributed by atoms with Crippen LogP contribution in [0.3, 0.4) is 0 Å². The van der Waals surface area contributed by atoms with Gasteiger partial charge in [0.05, 0.1) is 0 Å². The molecule has 0 aliphatic carbocycles. The summed E-state index contributed by atoms with van der Waals surface area (Å²) in [6.45, 7) is 0.567. The first-order chi connectivity index (χ1) is 14.2. The fourth-order valence-electron chi connectivity index (χ4n) is 3.68. The first-order valence-electron chi connectivity index (χ1n) is 9.80. The first kappa shape index (κ1) is 18.7. The third-order valence-corrected chi connectivity index (χ3v) is 5.11. The Morgan fingerprint density at radius 1 is 0.793 bits per heavy atom. The smallest absolute Gasteiger partial charge is 0.322 e. The second-order valence-corrected chi connectivity index (χ2v) is 7.05. The molecular weight excluding hydrogens is 362 g/mol. The molecule has 0 aromatic heterocycles. The molecule has 4 rings (SSSR count). The molecule has 1 saturated heterocycles. The van der Waals surface area contributed by atoms with E-state index in [1.807, 2.05) is 84.9 Å². The average molecular weight is 385 g/mol. The average Bonchev–Trinajstić information content (AvgIpc) is 3.26. The molecule has 0 saturated carbocycles. The third-order valence-electron chi connectivity index (χ3n) is 5.11. The first-order valence-corrected chi connectivity index (χ1v) is 9.80. The summed E-state index contributed by atoms with van der Waals surface area (Å²) in [5, 5.41) is 5.92. The lowest BCUT2D eigenvalue weighted by atomic mass is 10.0. The molecule has 0 spiro atoms. The molecule has 0 bridgehead atoms. The van der Waals surface area contributed by atoms with Gasteiger partial charge in [-0.2, -0.15) is 0 Å². The minimum absolute atomic E-state index is 0.158. The van der Waals surface area contributed by atoms with Crippen molar-refractivity contribution in [1.82, 2.24) is 4.90 Å². The summed E-state index contributed by atoms with van der Waals surface area (Å²) in [5.41, 5.74) is 3.46. The van der Waals surface area contributed by atoms with Gasteiger partial charge in [-0.25, -0.2) is 4.79 Å². The number of amides is 3. The molecule has 1 heterocycles. The second-order valence-electron chi connectivity index (χ2n) is 7.05. The molecule has 1 aliphatic heterocycles. The maximum Gasteiger partial charge on any atom is 0.322 e. The van der Waals surface area contributed by atoms with Crippen LogP contribution in [0, 0.1) is 0 Å². The van der Waals surface area contributed by atoms with E-state index in [0.29, 0.717) is 13.0 Å². The molecule has 1 atom stereocenters. The second kappa shape index (κ2) is 8.61. The van der Waals surface area contributed by atoms with Crippen molar-refractivity contribution in [3.8, 4) is 11.1 Å². The molecule has 1 aliphatic rings. The monoisotopic (exact) mass is 385 g/mol. The lowest BCUT2D eigenvalue weighted by molar-refractivity contribution is -0.119. The Bertz CT molecular complexity index is 989. The van der Waals surface area contributed by atoms with E-state index in [4.69, 9.17) is 0 Å². The highest BCUT2D eigenvalue weighted by Gasteiger charge is 2.34.